The SMILES string of the molecule is CCc1nc(-c2ccc(C)c(S(=O)(=O)N3CCCC[C@H]3C)c2)no1. The van der Waals surface area contributed by atoms with Crippen LogP contribution in [0.4, 0.5) is 0 Å². The van der Waals surface area contributed by atoms with Crippen molar-refractivity contribution in [2.75, 3.05) is 6.54 Å². The summed E-state index contributed by atoms with van der Waals surface area (Å²) in [5.41, 5.74) is 1.39. The van der Waals surface area contributed by atoms with Crippen molar-refractivity contribution < 1.29 is 12.9 Å². The van der Waals surface area contributed by atoms with E-state index in [9.17, 15) is 8.42 Å². The molecule has 1 saturated heterocycles. The second-order valence-corrected chi connectivity index (χ2v) is 8.17. The lowest BCUT2D eigenvalue weighted by Crippen LogP contribution is -2.42. The minimum absolute atomic E-state index is 0.0312. The van der Waals surface area contributed by atoms with Crippen molar-refractivity contribution in [3.63, 3.8) is 0 Å². The Kier molecular flexibility index (Phi) is 4.73. The molecule has 0 radical (unpaired) electrons. The van der Waals surface area contributed by atoms with E-state index in [2.05, 4.69) is 10.1 Å². The molecule has 0 N–H and O–H groups in total. The molecule has 24 heavy (non-hydrogen) atoms. The fourth-order valence-electron chi connectivity index (χ4n) is 3.09. The number of aryl methyl sites for hydroxylation is 2. The zero-order chi connectivity index (χ0) is 17.3. The maximum Gasteiger partial charge on any atom is 0.243 e. The number of sulfonamides is 1. The largest absolute Gasteiger partial charge is 0.339 e. The molecule has 2 heterocycles. The minimum Gasteiger partial charge on any atom is -0.339 e. The smallest absolute Gasteiger partial charge is 0.243 e. The van der Waals surface area contributed by atoms with Crippen molar-refractivity contribution in [3.8, 4) is 11.4 Å². The first-order valence-electron chi connectivity index (χ1n) is 8.39. The van der Waals surface area contributed by atoms with Gasteiger partial charge in [-0.05, 0) is 38.3 Å². The summed E-state index contributed by atoms with van der Waals surface area (Å²) in [6.45, 7) is 6.30. The summed E-state index contributed by atoms with van der Waals surface area (Å²) in [4.78, 5) is 4.62. The molecule has 0 amide bonds. The third-order valence-corrected chi connectivity index (χ3v) is 6.70. The van der Waals surface area contributed by atoms with Crippen molar-refractivity contribution in [1.82, 2.24) is 14.4 Å². The van der Waals surface area contributed by atoms with Gasteiger partial charge >= 0.3 is 0 Å². The van der Waals surface area contributed by atoms with Gasteiger partial charge in [0, 0.05) is 24.6 Å². The zero-order valence-corrected chi connectivity index (χ0v) is 15.1. The molecule has 1 aliphatic heterocycles. The molecule has 0 unspecified atom stereocenters. The van der Waals surface area contributed by atoms with Crippen molar-refractivity contribution >= 4 is 10.0 Å². The number of hydrogen-bond donors (Lipinski definition) is 0. The lowest BCUT2D eigenvalue weighted by Gasteiger charge is -2.32. The fraction of sp³-hybridized carbons (Fsp3) is 0.529. The number of nitrogens with zero attached hydrogens (tertiary/aromatic N) is 3. The van der Waals surface area contributed by atoms with E-state index >= 15 is 0 Å². The van der Waals surface area contributed by atoms with Gasteiger partial charge in [-0.2, -0.15) is 9.29 Å². The number of hydrogen-bond acceptors (Lipinski definition) is 5. The van der Waals surface area contributed by atoms with E-state index in [1.54, 1.807) is 16.4 Å². The van der Waals surface area contributed by atoms with Crippen LogP contribution in [0.1, 0.15) is 44.6 Å². The lowest BCUT2D eigenvalue weighted by atomic mass is 10.1. The third-order valence-electron chi connectivity index (χ3n) is 4.55. The molecule has 0 bridgehead atoms. The van der Waals surface area contributed by atoms with Gasteiger partial charge in [-0.15, -0.1) is 0 Å². The highest BCUT2D eigenvalue weighted by atomic mass is 32.2. The van der Waals surface area contributed by atoms with E-state index in [0.717, 1.165) is 24.8 Å². The monoisotopic (exact) mass is 349 g/mol. The Hall–Kier alpha value is -1.73. The molecule has 130 valence electrons. The van der Waals surface area contributed by atoms with Gasteiger partial charge in [0.1, 0.15) is 0 Å². The zero-order valence-electron chi connectivity index (χ0n) is 14.3. The summed E-state index contributed by atoms with van der Waals surface area (Å²) in [7, 11) is -3.52. The highest BCUT2D eigenvalue weighted by molar-refractivity contribution is 7.89. The van der Waals surface area contributed by atoms with Crippen LogP contribution in [0.2, 0.25) is 0 Å². The van der Waals surface area contributed by atoms with Crippen molar-refractivity contribution in [2.24, 2.45) is 0 Å². The maximum atomic E-state index is 13.1. The van der Waals surface area contributed by atoms with Crippen LogP contribution in [-0.4, -0.2) is 35.5 Å². The molecule has 2 aromatic rings. The van der Waals surface area contributed by atoms with E-state index in [1.165, 1.54) is 0 Å². The maximum absolute atomic E-state index is 13.1. The standard InChI is InChI=1S/C17H23N3O3S/c1-4-16-18-17(19-23-16)14-9-8-12(2)15(11-14)24(21,22)20-10-6-5-7-13(20)3/h8-9,11,13H,4-7,10H2,1-3H3/t13-/m1/s1. The molecule has 1 aliphatic rings. The third kappa shape index (κ3) is 3.10. The van der Waals surface area contributed by atoms with Crippen LogP contribution in [-0.2, 0) is 16.4 Å². The summed E-state index contributed by atoms with van der Waals surface area (Å²) < 4.78 is 33.0. The first kappa shape index (κ1) is 17.1. The van der Waals surface area contributed by atoms with Crippen molar-refractivity contribution in [1.29, 1.82) is 0 Å². The second kappa shape index (κ2) is 6.64. The van der Waals surface area contributed by atoms with Crippen LogP contribution in [0, 0.1) is 6.92 Å². The van der Waals surface area contributed by atoms with Crippen LogP contribution in [0.3, 0.4) is 0 Å². The van der Waals surface area contributed by atoms with Crippen molar-refractivity contribution in [3.05, 3.63) is 29.7 Å². The van der Waals surface area contributed by atoms with Gasteiger partial charge in [0.2, 0.25) is 21.7 Å². The molecule has 6 nitrogen and oxygen atoms in total. The highest BCUT2D eigenvalue weighted by Gasteiger charge is 2.32. The molecule has 0 spiro atoms. The van der Waals surface area contributed by atoms with Gasteiger partial charge in [0.15, 0.2) is 0 Å². The van der Waals surface area contributed by atoms with Gasteiger partial charge in [-0.25, -0.2) is 8.42 Å². The normalized spacial score (nSPS) is 19.5. The molecule has 3 rings (SSSR count). The van der Waals surface area contributed by atoms with Crippen molar-refractivity contribution in [2.45, 2.75) is 57.4 Å². The molecule has 1 aromatic heterocycles. The summed E-state index contributed by atoms with van der Waals surface area (Å²) in [5.74, 6) is 0.967. The Labute approximate surface area is 142 Å². The van der Waals surface area contributed by atoms with Gasteiger partial charge in [0.25, 0.3) is 0 Å². The predicted molar refractivity (Wildman–Crippen MR) is 91.1 cm³/mol. The summed E-state index contributed by atoms with van der Waals surface area (Å²) in [6.07, 6.45) is 3.54. The summed E-state index contributed by atoms with van der Waals surface area (Å²) in [6, 6.07) is 5.33. The highest BCUT2D eigenvalue weighted by Crippen LogP contribution is 2.29. The Morgan fingerprint density at radius 3 is 2.79 bits per heavy atom. The topological polar surface area (TPSA) is 76.3 Å². The lowest BCUT2D eigenvalue weighted by molar-refractivity contribution is 0.268. The van der Waals surface area contributed by atoms with E-state index in [4.69, 9.17) is 4.52 Å². The molecule has 7 heteroatoms. The van der Waals surface area contributed by atoms with Crippen LogP contribution in [0.5, 0.6) is 0 Å². The Bertz CT molecular complexity index is 829. The van der Waals surface area contributed by atoms with E-state index in [0.29, 0.717) is 35.1 Å². The second-order valence-electron chi connectivity index (χ2n) is 6.31. The van der Waals surface area contributed by atoms with E-state index < -0.39 is 10.0 Å². The molecule has 1 aromatic carbocycles. The Morgan fingerprint density at radius 2 is 2.12 bits per heavy atom. The molecule has 0 saturated carbocycles. The van der Waals surface area contributed by atoms with Crippen LogP contribution < -0.4 is 0 Å². The van der Waals surface area contributed by atoms with Gasteiger partial charge in [0.05, 0.1) is 4.90 Å². The molecular formula is C17H23N3O3S. The van der Waals surface area contributed by atoms with Gasteiger partial charge in [-0.1, -0.05) is 30.6 Å². The molecule has 1 fully saturated rings. The van der Waals surface area contributed by atoms with Gasteiger partial charge < -0.3 is 4.52 Å². The van der Waals surface area contributed by atoms with Crippen LogP contribution in [0.15, 0.2) is 27.6 Å². The van der Waals surface area contributed by atoms with Crippen LogP contribution >= 0.6 is 0 Å². The fourth-order valence-corrected chi connectivity index (χ4v) is 5.04. The molecule has 0 aliphatic carbocycles. The average Bonchev–Trinajstić information content (AvgIpc) is 3.04. The first-order chi connectivity index (χ1) is 11.4. The number of benzene rings is 1. The number of aromatic nitrogens is 2. The van der Waals surface area contributed by atoms with Gasteiger partial charge in [-0.3, -0.25) is 0 Å². The number of piperidine rings is 1. The van der Waals surface area contributed by atoms with E-state index in [1.807, 2.05) is 26.8 Å². The molecule has 1 atom stereocenters. The quantitative estimate of drug-likeness (QED) is 0.847. The Balaban J connectivity index is 2.02. The number of rotatable bonds is 4. The Morgan fingerprint density at radius 1 is 1.33 bits per heavy atom. The molecular weight excluding hydrogens is 326 g/mol. The van der Waals surface area contributed by atoms with E-state index in [-0.39, 0.29) is 6.04 Å². The summed E-state index contributed by atoms with van der Waals surface area (Å²) >= 11 is 0. The van der Waals surface area contributed by atoms with Crippen LogP contribution in [0.25, 0.3) is 11.4 Å². The average molecular weight is 349 g/mol. The first-order valence-corrected chi connectivity index (χ1v) is 9.83. The summed E-state index contributed by atoms with van der Waals surface area (Å²) in [5, 5.41) is 3.94. The minimum atomic E-state index is -3.52. The predicted octanol–water partition coefficient (Wildman–Crippen LogP) is 3.17.